The first kappa shape index (κ1) is 18.2. The number of rotatable bonds is 2. The third-order valence-corrected chi connectivity index (χ3v) is 5.63. The molecular formula is C21H32N2O2. The summed E-state index contributed by atoms with van der Waals surface area (Å²) in [6, 6.07) is 6.61. The molecule has 0 radical (unpaired) electrons. The molecule has 1 aromatic carbocycles. The Morgan fingerprint density at radius 2 is 1.92 bits per heavy atom. The van der Waals surface area contributed by atoms with E-state index in [0.29, 0.717) is 6.54 Å². The highest BCUT2D eigenvalue weighted by Gasteiger charge is 2.34. The Morgan fingerprint density at radius 3 is 2.56 bits per heavy atom. The van der Waals surface area contributed by atoms with Crippen LogP contribution in [0.5, 0.6) is 0 Å². The lowest BCUT2D eigenvalue weighted by atomic mass is 9.69. The van der Waals surface area contributed by atoms with Gasteiger partial charge in [-0.3, -0.25) is 4.90 Å². The van der Waals surface area contributed by atoms with Gasteiger partial charge in [0.25, 0.3) is 0 Å². The number of carbonyl (C=O) groups is 1. The van der Waals surface area contributed by atoms with Gasteiger partial charge in [0.05, 0.1) is 5.69 Å². The molecule has 4 nitrogen and oxygen atoms in total. The van der Waals surface area contributed by atoms with Crippen molar-refractivity contribution >= 4 is 11.8 Å². The number of nitrogens with zero attached hydrogens (tertiary/aromatic N) is 1. The third kappa shape index (κ3) is 3.84. The monoisotopic (exact) mass is 344 g/mol. The van der Waals surface area contributed by atoms with Crippen molar-refractivity contribution < 1.29 is 9.53 Å². The summed E-state index contributed by atoms with van der Waals surface area (Å²) in [6.45, 7) is 7.16. The van der Waals surface area contributed by atoms with Crippen molar-refractivity contribution in [3.8, 4) is 0 Å². The highest BCUT2D eigenvalue weighted by atomic mass is 16.6. The molecule has 0 atom stereocenters. The second-order valence-electron chi connectivity index (χ2n) is 8.62. The summed E-state index contributed by atoms with van der Waals surface area (Å²) < 4.78 is 5.59. The van der Waals surface area contributed by atoms with Crippen LogP contribution in [0.2, 0.25) is 0 Å². The summed E-state index contributed by atoms with van der Waals surface area (Å²) in [4.78, 5) is 14.4. The van der Waals surface area contributed by atoms with Crippen LogP contribution in [0.15, 0.2) is 18.2 Å². The normalized spacial score (nSPS) is 20.1. The maximum Gasteiger partial charge on any atom is 0.414 e. The van der Waals surface area contributed by atoms with E-state index >= 15 is 0 Å². The molecule has 0 saturated heterocycles. The lowest BCUT2D eigenvalue weighted by Crippen LogP contribution is -2.40. The molecule has 2 N–H and O–H groups in total. The Morgan fingerprint density at radius 1 is 1.20 bits per heavy atom. The van der Waals surface area contributed by atoms with Gasteiger partial charge >= 0.3 is 6.09 Å². The van der Waals surface area contributed by atoms with Gasteiger partial charge in [0.1, 0.15) is 5.60 Å². The minimum Gasteiger partial charge on any atom is -0.443 e. The van der Waals surface area contributed by atoms with E-state index in [4.69, 9.17) is 10.5 Å². The van der Waals surface area contributed by atoms with Crippen LogP contribution in [-0.2, 0) is 16.6 Å². The van der Waals surface area contributed by atoms with Crippen LogP contribution >= 0.6 is 0 Å². The molecule has 1 aromatic rings. The van der Waals surface area contributed by atoms with E-state index in [-0.39, 0.29) is 11.5 Å². The molecule has 0 bridgehead atoms. The summed E-state index contributed by atoms with van der Waals surface area (Å²) in [5, 5.41) is 0. The molecule has 4 heteroatoms. The largest absolute Gasteiger partial charge is 0.443 e. The zero-order chi connectivity index (χ0) is 18.1. The molecule has 0 aromatic heterocycles. The Kier molecular flexibility index (Phi) is 5.10. The van der Waals surface area contributed by atoms with Crippen LogP contribution in [0.1, 0.15) is 70.4 Å². The van der Waals surface area contributed by atoms with Crippen molar-refractivity contribution in [3.05, 3.63) is 29.3 Å². The number of ether oxygens (including phenoxy) is 1. The van der Waals surface area contributed by atoms with Crippen LogP contribution < -0.4 is 10.6 Å². The Bertz CT molecular complexity index is 627. The minimum atomic E-state index is -0.472. The van der Waals surface area contributed by atoms with E-state index in [0.717, 1.165) is 25.1 Å². The molecule has 3 rings (SSSR count). The van der Waals surface area contributed by atoms with Crippen molar-refractivity contribution in [3.63, 3.8) is 0 Å². The number of benzene rings is 1. The summed E-state index contributed by atoms with van der Waals surface area (Å²) in [6.07, 6.45) is 7.95. The standard InChI is InChI=1S/C21H32N2O2/c1-20(2,3)25-19(24)23-13-7-8-16-14-17(9-10-18(16)23)21(15-22)11-5-4-6-12-21/h9-10,14H,4-8,11-13,15,22H2,1-3H3. The fourth-order valence-electron chi connectivity index (χ4n) is 4.27. The highest BCUT2D eigenvalue weighted by Crippen LogP contribution is 2.41. The van der Waals surface area contributed by atoms with Gasteiger partial charge in [0.2, 0.25) is 0 Å². The van der Waals surface area contributed by atoms with Gasteiger partial charge in [-0.05, 0) is 63.6 Å². The van der Waals surface area contributed by atoms with E-state index in [9.17, 15) is 4.79 Å². The zero-order valence-electron chi connectivity index (χ0n) is 15.9. The van der Waals surface area contributed by atoms with Crippen LogP contribution in [0.25, 0.3) is 0 Å². The predicted molar refractivity (Wildman–Crippen MR) is 102 cm³/mol. The third-order valence-electron chi connectivity index (χ3n) is 5.63. The minimum absolute atomic E-state index is 0.126. The molecule has 2 aliphatic rings. The summed E-state index contributed by atoms with van der Waals surface area (Å²) in [5.41, 5.74) is 9.49. The van der Waals surface area contributed by atoms with Crippen molar-refractivity contribution in [2.75, 3.05) is 18.0 Å². The first-order valence-corrected chi connectivity index (χ1v) is 9.69. The Hall–Kier alpha value is -1.55. The zero-order valence-corrected chi connectivity index (χ0v) is 15.9. The Labute approximate surface area is 151 Å². The molecule has 0 spiro atoms. The van der Waals surface area contributed by atoms with E-state index in [1.165, 1.54) is 43.2 Å². The molecule has 1 fully saturated rings. The predicted octanol–water partition coefficient (Wildman–Crippen LogP) is 4.53. The van der Waals surface area contributed by atoms with Crippen LogP contribution in [-0.4, -0.2) is 24.8 Å². The molecule has 1 aliphatic carbocycles. The van der Waals surface area contributed by atoms with E-state index in [2.05, 4.69) is 18.2 Å². The molecule has 1 amide bonds. The number of nitrogens with two attached hydrogens (primary N) is 1. The average molecular weight is 344 g/mol. The number of carbonyl (C=O) groups excluding carboxylic acids is 1. The number of hydrogen-bond donors (Lipinski definition) is 1. The molecular weight excluding hydrogens is 312 g/mol. The fourth-order valence-corrected chi connectivity index (χ4v) is 4.27. The number of anilines is 1. The number of amides is 1. The summed E-state index contributed by atoms with van der Waals surface area (Å²) >= 11 is 0. The maximum atomic E-state index is 12.6. The highest BCUT2D eigenvalue weighted by molar-refractivity contribution is 5.89. The fraction of sp³-hybridized carbons (Fsp3) is 0.667. The molecule has 1 heterocycles. The second kappa shape index (κ2) is 6.99. The second-order valence-corrected chi connectivity index (χ2v) is 8.62. The number of aryl methyl sites for hydroxylation is 1. The van der Waals surface area contributed by atoms with Crippen molar-refractivity contribution in [2.45, 2.75) is 76.7 Å². The SMILES string of the molecule is CC(C)(C)OC(=O)N1CCCc2cc(C3(CN)CCCCC3)ccc21. The van der Waals surface area contributed by atoms with Crippen LogP contribution in [0.4, 0.5) is 10.5 Å². The lowest BCUT2D eigenvalue weighted by Gasteiger charge is -2.38. The van der Waals surface area contributed by atoms with Gasteiger partial charge in [0, 0.05) is 18.5 Å². The van der Waals surface area contributed by atoms with Gasteiger partial charge in [-0.25, -0.2) is 4.79 Å². The van der Waals surface area contributed by atoms with E-state index < -0.39 is 5.60 Å². The molecule has 0 unspecified atom stereocenters. The molecule has 1 aliphatic heterocycles. The number of fused-ring (bicyclic) bond motifs is 1. The quantitative estimate of drug-likeness (QED) is 0.857. The van der Waals surface area contributed by atoms with Crippen LogP contribution in [0, 0.1) is 0 Å². The topological polar surface area (TPSA) is 55.6 Å². The van der Waals surface area contributed by atoms with Gasteiger partial charge in [-0.15, -0.1) is 0 Å². The molecule has 138 valence electrons. The molecule has 1 saturated carbocycles. The first-order chi connectivity index (χ1) is 11.8. The van der Waals surface area contributed by atoms with Gasteiger partial charge in [0.15, 0.2) is 0 Å². The van der Waals surface area contributed by atoms with Crippen molar-refractivity contribution in [1.82, 2.24) is 0 Å². The maximum absolute atomic E-state index is 12.6. The molecule has 25 heavy (non-hydrogen) atoms. The van der Waals surface area contributed by atoms with Gasteiger partial charge in [-0.2, -0.15) is 0 Å². The van der Waals surface area contributed by atoms with E-state index in [1.807, 2.05) is 20.8 Å². The van der Waals surface area contributed by atoms with Crippen molar-refractivity contribution in [1.29, 1.82) is 0 Å². The van der Waals surface area contributed by atoms with Gasteiger partial charge < -0.3 is 10.5 Å². The number of hydrogen-bond acceptors (Lipinski definition) is 3. The van der Waals surface area contributed by atoms with E-state index in [1.54, 1.807) is 4.90 Å². The smallest absolute Gasteiger partial charge is 0.414 e. The first-order valence-electron chi connectivity index (χ1n) is 9.69. The van der Waals surface area contributed by atoms with Crippen molar-refractivity contribution in [2.24, 2.45) is 5.73 Å². The summed E-state index contributed by atoms with van der Waals surface area (Å²) in [7, 11) is 0. The summed E-state index contributed by atoms with van der Waals surface area (Å²) in [5.74, 6) is 0. The lowest BCUT2D eigenvalue weighted by molar-refractivity contribution is 0.0578. The van der Waals surface area contributed by atoms with Gasteiger partial charge in [-0.1, -0.05) is 31.4 Å². The van der Waals surface area contributed by atoms with Crippen LogP contribution in [0.3, 0.4) is 0 Å². The Balaban J connectivity index is 1.88. The average Bonchev–Trinajstić information content (AvgIpc) is 2.59.